The van der Waals surface area contributed by atoms with Crippen LogP contribution in [0.2, 0.25) is 0 Å². The van der Waals surface area contributed by atoms with E-state index in [2.05, 4.69) is 11.9 Å². The number of methoxy groups -OCH3 is 1. The van der Waals surface area contributed by atoms with Crippen molar-refractivity contribution in [1.82, 2.24) is 0 Å². The van der Waals surface area contributed by atoms with E-state index in [0.717, 1.165) is 28.6 Å². The van der Waals surface area contributed by atoms with Gasteiger partial charge in [-0.15, -0.1) is 6.58 Å². The molecule has 1 N–H and O–H groups in total. The molecule has 0 heterocycles. The first-order valence-electron chi connectivity index (χ1n) is 9.93. The van der Waals surface area contributed by atoms with E-state index < -0.39 is 27.7 Å². The van der Waals surface area contributed by atoms with E-state index in [1.54, 1.807) is 24.3 Å². The van der Waals surface area contributed by atoms with E-state index in [0.29, 0.717) is 11.4 Å². The van der Waals surface area contributed by atoms with E-state index in [1.165, 1.54) is 37.5 Å². The van der Waals surface area contributed by atoms with Crippen molar-refractivity contribution in [2.45, 2.75) is 11.1 Å². The smallest absolute Gasteiger partial charge is 0.416 e. The Hall–Kier alpha value is -3.79. The number of carbonyl (C=O) groups excluding carboxylic acids is 1. The lowest BCUT2D eigenvalue weighted by atomic mass is 10.2. The lowest BCUT2D eigenvalue weighted by molar-refractivity contribution is -0.137. The number of rotatable bonds is 8. The molecule has 0 atom stereocenters. The van der Waals surface area contributed by atoms with Gasteiger partial charge in [0.1, 0.15) is 5.75 Å². The van der Waals surface area contributed by atoms with Crippen LogP contribution in [0.1, 0.15) is 15.9 Å². The van der Waals surface area contributed by atoms with Crippen LogP contribution in [0, 0.1) is 0 Å². The van der Waals surface area contributed by atoms with Gasteiger partial charge >= 0.3 is 6.18 Å². The van der Waals surface area contributed by atoms with Gasteiger partial charge in [0.2, 0.25) is 0 Å². The molecule has 0 unspecified atom stereocenters. The topological polar surface area (TPSA) is 75.7 Å². The molecule has 3 aromatic rings. The first-order valence-corrected chi connectivity index (χ1v) is 11.4. The average Bonchev–Trinajstić information content (AvgIpc) is 2.82. The van der Waals surface area contributed by atoms with E-state index in [9.17, 15) is 26.4 Å². The maximum absolute atomic E-state index is 13.4. The van der Waals surface area contributed by atoms with Crippen molar-refractivity contribution in [2.24, 2.45) is 0 Å². The molecule has 0 aliphatic carbocycles. The van der Waals surface area contributed by atoms with Crippen LogP contribution in [0.25, 0.3) is 0 Å². The molecule has 0 bridgehead atoms. The first-order chi connectivity index (χ1) is 16.1. The molecule has 0 saturated heterocycles. The molecule has 3 aromatic carbocycles. The van der Waals surface area contributed by atoms with Crippen molar-refractivity contribution in [1.29, 1.82) is 0 Å². The molecule has 10 heteroatoms. The third kappa shape index (κ3) is 5.40. The highest BCUT2D eigenvalue weighted by Crippen LogP contribution is 2.33. The van der Waals surface area contributed by atoms with E-state index in [-0.39, 0.29) is 22.7 Å². The fraction of sp³-hybridized carbons (Fsp3) is 0.125. The van der Waals surface area contributed by atoms with Crippen LogP contribution in [0.4, 0.5) is 24.5 Å². The number of alkyl halides is 3. The summed E-state index contributed by atoms with van der Waals surface area (Å²) in [6.45, 7) is 3.23. The maximum Gasteiger partial charge on any atom is 0.416 e. The summed E-state index contributed by atoms with van der Waals surface area (Å²) in [5, 5.41) is 2.65. The van der Waals surface area contributed by atoms with Gasteiger partial charge in [-0.1, -0.05) is 30.3 Å². The molecule has 0 aliphatic heterocycles. The molecule has 34 heavy (non-hydrogen) atoms. The average molecular weight is 491 g/mol. The minimum atomic E-state index is -4.64. The summed E-state index contributed by atoms with van der Waals surface area (Å²) < 4.78 is 72.2. The number of anilines is 2. The Kier molecular flexibility index (Phi) is 7.31. The van der Waals surface area contributed by atoms with Gasteiger partial charge in [0.15, 0.2) is 0 Å². The van der Waals surface area contributed by atoms with Gasteiger partial charge in [0.25, 0.3) is 15.9 Å². The number of halogens is 3. The highest BCUT2D eigenvalue weighted by Gasteiger charge is 2.32. The largest absolute Gasteiger partial charge is 0.495 e. The van der Waals surface area contributed by atoms with Crippen molar-refractivity contribution in [2.75, 3.05) is 23.3 Å². The second-order valence-electron chi connectivity index (χ2n) is 7.06. The summed E-state index contributed by atoms with van der Waals surface area (Å²) in [7, 11) is -2.89. The van der Waals surface area contributed by atoms with Gasteiger partial charge in [0, 0.05) is 5.56 Å². The number of benzene rings is 3. The predicted octanol–water partition coefficient (Wildman–Crippen LogP) is 5.35. The Morgan fingerprint density at radius 2 is 1.76 bits per heavy atom. The molecule has 178 valence electrons. The van der Waals surface area contributed by atoms with Crippen LogP contribution >= 0.6 is 0 Å². The van der Waals surface area contributed by atoms with Gasteiger partial charge in [-0.05, 0) is 48.5 Å². The first kappa shape index (κ1) is 24.8. The van der Waals surface area contributed by atoms with E-state index in [1.807, 2.05) is 0 Å². The Morgan fingerprint density at radius 1 is 1.06 bits per heavy atom. The van der Waals surface area contributed by atoms with Gasteiger partial charge in [-0.2, -0.15) is 13.2 Å². The van der Waals surface area contributed by atoms with Crippen molar-refractivity contribution < 1.29 is 31.1 Å². The Bertz CT molecular complexity index is 1310. The van der Waals surface area contributed by atoms with Crippen LogP contribution < -0.4 is 14.4 Å². The number of amides is 1. The summed E-state index contributed by atoms with van der Waals surface area (Å²) in [6, 6.07) is 15.9. The zero-order valence-corrected chi connectivity index (χ0v) is 18.9. The third-order valence-corrected chi connectivity index (χ3v) is 6.59. The van der Waals surface area contributed by atoms with Gasteiger partial charge in [0.05, 0.1) is 35.5 Å². The highest BCUT2D eigenvalue weighted by atomic mass is 32.2. The van der Waals surface area contributed by atoms with Crippen molar-refractivity contribution in [3.05, 3.63) is 96.6 Å². The molecule has 3 rings (SSSR count). The minimum absolute atomic E-state index is 0.0366. The number of hydrogen-bond donors (Lipinski definition) is 1. The number of sulfonamides is 1. The van der Waals surface area contributed by atoms with Gasteiger partial charge in [-0.3, -0.25) is 9.10 Å². The monoisotopic (exact) mass is 490 g/mol. The zero-order chi connectivity index (χ0) is 24.9. The predicted molar refractivity (Wildman–Crippen MR) is 124 cm³/mol. The molecule has 0 aromatic heterocycles. The Labute approximate surface area is 195 Å². The maximum atomic E-state index is 13.4. The number of para-hydroxylation sites is 2. The van der Waals surface area contributed by atoms with Gasteiger partial charge < -0.3 is 10.1 Å². The summed E-state index contributed by atoms with van der Waals surface area (Å²) in [5.41, 5.74) is -0.743. The quantitative estimate of drug-likeness (QED) is 0.432. The summed E-state index contributed by atoms with van der Waals surface area (Å²) >= 11 is 0. The second-order valence-corrected chi connectivity index (χ2v) is 8.92. The highest BCUT2D eigenvalue weighted by molar-refractivity contribution is 7.92. The number of ether oxygens (including phenoxy) is 1. The SMILES string of the molecule is C=CCN(c1cccc(C(F)(F)F)c1)S(=O)(=O)c1cccc(C(=O)Nc2ccccc2OC)c1. The molecule has 0 fully saturated rings. The second kappa shape index (κ2) is 10.0. The van der Waals surface area contributed by atoms with Crippen molar-refractivity contribution in [3.8, 4) is 5.75 Å². The van der Waals surface area contributed by atoms with Crippen molar-refractivity contribution in [3.63, 3.8) is 0 Å². The molecule has 0 saturated carbocycles. The van der Waals surface area contributed by atoms with Crippen molar-refractivity contribution >= 4 is 27.3 Å². The molecule has 0 radical (unpaired) electrons. The van der Waals surface area contributed by atoms with Gasteiger partial charge in [-0.25, -0.2) is 8.42 Å². The molecule has 1 amide bonds. The van der Waals surface area contributed by atoms with Crippen LogP contribution in [-0.2, 0) is 16.2 Å². The minimum Gasteiger partial charge on any atom is -0.495 e. The number of nitrogens with zero attached hydrogens (tertiary/aromatic N) is 1. The lowest BCUT2D eigenvalue weighted by Crippen LogP contribution is -2.31. The molecular weight excluding hydrogens is 469 g/mol. The third-order valence-electron chi connectivity index (χ3n) is 4.80. The number of hydrogen-bond acceptors (Lipinski definition) is 4. The summed E-state index contributed by atoms with van der Waals surface area (Å²) in [6.07, 6.45) is -3.38. The summed E-state index contributed by atoms with van der Waals surface area (Å²) in [4.78, 5) is 12.5. The number of carbonyl (C=O) groups is 1. The molecule has 6 nitrogen and oxygen atoms in total. The van der Waals surface area contributed by atoms with Crippen LogP contribution in [0.15, 0.2) is 90.3 Å². The Balaban J connectivity index is 1.97. The van der Waals surface area contributed by atoms with Crippen LogP contribution in [-0.4, -0.2) is 28.0 Å². The lowest BCUT2D eigenvalue weighted by Gasteiger charge is -2.24. The van der Waals surface area contributed by atoms with E-state index in [4.69, 9.17) is 4.74 Å². The summed E-state index contributed by atoms with van der Waals surface area (Å²) in [5.74, 6) is -0.169. The zero-order valence-electron chi connectivity index (χ0n) is 18.0. The normalized spacial score (nSPS) is 11.5. The number of nitrogens with one attached hydrogen (secondary N) is 1. The fourth-order valence-electron chi connectivity index (χ4n) is 3.16. The van der Waals surface area contributed by atoms with Crippen LogP contribution in [0.3, 0.4) is 0 Å². The fourth-order valence-corrected chi connectivity index (χ4v) is 4.64. The molecule has 0 spiro atoms. The molecular formula is C24H21F3N2O4S. The van der Waals surface area contributed by atoms with E-state index >= 15 is 0 Å². The molecule has 0 aliphatic rings. The van der Waals surface area contributed by atoms with Crippen LogP contribution in [0.5, 0.6) is 5.75 Å². The standard InChI is InChI=1S/C24H21F3N2O4S/c1-3-14-29(19-10-7-9-18(16-19)24(25,26)27)34(31,32)20-11-6-8-17(15-20)23(30)28-21-12-4-5-13-22(21)33-2/h3-13,15-16H,1,14H2,2H3,(H,28,30). The Morgan fingerprint density at radius 3 is 2.44 bits per heavy atom.